The van der Waals surface area contributed by atoms with Crippen molar-refractivity contribution in [3.05, 3.63) is 87.8 Å². The minimum Gasteiger partial charge on any atom is -0.462 e. The Bertz CT molecular complexity index is 1510. The van der Waals surface area contributed by atoms with Gasteiger partial charge in [0.1, 0.15) is 16.9 Å². The number of benzene rings is 1. The van der Waals surface area contributed by atoms with E-state index in [9.17, 15) is 14.4 Å². The van der Waals surface area contributed by atoms with Crippen molar-refractivity contribution in [1.29, 1.82) is 0 Å². The highest BCUT2D eigenvalue weighted by Crippen LogP contribution is 2.12. The number of hydrogen-bond acceptors (Lipinski definition) is 6. The summed E-state index contributed by atoms with van der Waals surface area (Å²) >= 11 is 0. The van der Waals surface area contributed by atoms with Crippen molar-refractivity contribution in [2.24, 2.45) is 4.99 Å². The maximum Gasteiger partial charge on any atom is 0.341 e. The Balaban J connectivity index is 1.94. The molecule has 3 heterocycles. The summed E-state index contributed by atoms with van der Waals surface area (Å²) in [7, 11) is 1.54. The van der Waals surface area contributed by atoms with Gasteiger partial charge in [-0.1, -0.05) is 36.4 Å². The van der Waals surface area contributed by atoms with Gasteiger partial charge in [-0.25, -0.2) is 9.78 Å². The molecule has 1 amide bonds. The van der Waals surface area contributed by atoms with Crippen molar-refractivity contribution in [2.75, 3.05) is 20.3 Å². The molecule has 0 radical (unpaired) electrons. The Hall–Kier alpha value is -4.11. The van der Waals surface area contributed by atoms with Gasteiger partial charge in [-0.05, 0) is 37.1 Å². The van der Waals surface area contributed by atoms with Crippen molar-refractivity contribution in [1.82, 2.24) is 14.0 Å². The average molecular weight is 475 g/mol. The second kappa shape index (κ2) is 10.9. The number of esters is 1. The van der Waals surface area contributed by atoms with E-state index in [0.717, 1.165) is 5.56 Å². The first-order chi connectivity index (χ1) is 17.0. The molecule has 0 N–H and O–H groups in total. The van der Waals surface area contributed by atoms with Gasteiger partial charge in [0.2, 0.25) is 5.91 Å². The molecule has 0 atom stereocenters. The molecule has 35 heavy (non-hydrogen) atoms. The maximum atomic E-state index is 13.3. The van der Waals surface area contributed by atoms with Crippen LogP contribution in [0.4, 0.5) is 0 Å². The molecule has 0 unspecified atom stereocenters. The molecular weight excluding hydrogens is 448 g/mol. The van der Waals surface area contributed by atoms with Gasteiger partial charge in [-0.15, -0.1) is 0 Å². The molecule has 0 aliphatic rings. The zero-order chi connectivity index (χ0) is 24.8. The quantitative estimate of drug-likeness (QED) is 0.287. The molecule has 3 aromatic heterocycles. The summed E-state index contributed by atoms with van der Waals surface area (Å²) in [4.78, 5) is 48.0. The Kier molecular flexibility index (Phi) is 7.47. The van der Waals surface area contributed by atoms with Gasteiger partial charge < -0.3 is 14.0 Å². The van der Waals surface area contributed by atoms with Gasteiger partial charge in [0.05, 0.1) is 18.6 Å². The first kappa shape index (κ1) is 24.0. The monoisotopic (exact) mass is 474 g/mol. The molecule has 0 spiro atoms. The third-order valence-corrected chi connectivity index (χ3v) is 5.51. The van der Waals surface area contributed by atoms with Crippen LogP contribution < -0.4 is 11.0 Å². The van der Waals surface area contributed by atoms with E-state index in [1.165, 1.54) is 17.6 Å². The van der Waals surface area contributed by atoms with Crippen molar-refractivity contribution in [3.8, 4) is 0 Å². The number of nitrogens with zero attached hydrogens (tertiary/aromatic N) is 4. The van der Waals surface area contributed by atoms with Crippen molar-refractivity contribution in [2.45, 2.75) is 26.3 Å². The highest BCUT2D eigenvalue weighted by atomic mass is 16.5. The molecule has 0 saturated carbocycles. The standard InChI is InChI=1S/C26H26N4O5/c1-3-35-26(33)20-17-19-23(27-21-11-7-8-14-29(21)25(19)32)30(15-16-34-2)24(20)28-22(31)13-12-18-9-5-4-6-10-18/h4-11,14,17H,3,12-13,15-16H2,1-2H3. The van der Waals surface area contributed by atoms with Gasteiger partial charge in [0.25, 0.3) is 5.56 Å². The number of amides is 1. The van der Waals surface area contributed by atoms with Crippen LogP contribution in [0.5, 0.6) is 0 Å². The van der Waals surface area contributed by atoms with E-state index in [1.54, 1.807) is 35.9 Å². The van der Waals surface area contributed by atoms with Crippen LogP contribution in [0.1, 0.15) is 29.3 Å². The molecule has 0 saturated heterocycles. The van der Waals surface area contributed by atoms with Gasteiger partial charge in [-0.2, -0.15) is 4.99 Å². The SMILES string of the molecule is CCOC(=O)c1cc2c(=O)n3ccccc3nc2n(CCOC)c1=NC(=O)CCc1ccccc1. The molecule has 180 valence electrons. The zero-order valence-corrected chi connectivity index (χ0v) is 19.6. The van der Waals surface area contributed by atoms with Gasteiger partial charge in [0, 0.05) is 26.3 Å². The summed E-state index contributed by atoms with van der Waals surface area (Å²) in [6, 6.07) is 16.2. The molecular formula is C26H26N4O5. The summed E-state index contributed by atoms with van der Waals surface area (Å²) in [5.41, 5.74) is 1.52. The lowest BCUT2D eigenvalue weighted by Crippen LogP contribution is -2.33. The molecule has 9 heteroatoms. The first-order valence-electron chi connectivity index (χ1n) is 11.4. The van der Waals surface area contributed by atoms with Gasteiger partial charge in [-0.3, -0.25) is 14.0 Å². The summed E-state index contributed by atoms with van der Waals surface area (Å²) in [6.45, 7) is 2.29. The van der Waals surface area contributed by atoms with Crippen LogP contribution in [0.2, 0.25) is 0 Å². The second-order valence-electron chi connectivity index (χ2n) is 7.82. The average Bonchev–Trinajstić information content (AvgIpc) is 2.87. The van der Waals surface area contributed by atoms with Gasteiger partial charge in [0.15, 0.2) is 5.49 Å². The number of ether oxygens (including phenoxy) is 2. The number of pyridine rings is 2. The number of rotatable bonds is 8. The summed E-state index contributed by atoms with van der Waals surface area (Å²) in [5.74, 6) is -1.07. The molecule has 9 nitrogen and oxygen atoms in total. The minimum absolute atomic E-state index is 0.0262. The summed E-state index contributed by atoms with van der Waals surface area (Å²) in [6.07, 6.45) is 2.27. The number of aryl methyl sites for hydroxylation is 1. The van der Waals surface area contributed by atoms with Crippen LogP contribution in [0.15, 0.2) is 70.6 Å². The van der Waals surface area contributed by atoms with Crippen LogP contribution >= 0.6 is 0 Å². The molecule has 0 aliphatic carbocycles. The lowest BCUT2D eigenvalue weighted by atomic mass is 10.1. The minimum atomic E-state index is -0.673. The Morgan fingerprint density at radius 2 is 1.86 bits per heavy atom. The van der Waals surface area contributed by atoms with E-state index in [-0.39, 0.29) is 48.2 Å². The highest BCUT2D eigenvalue weighted by molar-refractivity contribution is 5.93. The number of carbonyl (C=O) groups excluding carboxylic acids is 2. The zero-order valence-electron chi connectivity index (χ0n) is 19.6. The molecule has 0 fully saturated rings. The number of aromatic nitrogens is 3. The smallest absolute Gasteiger partial charge is 0.341 e. The normalized spacial score (nSPS) is 11.8. The van der Waals surface area contributed by atoms with Crippen molar-refractivity contribution in [3.63, 3.8) is 0 Å². The van der Waals surface area contributed by atoms with Crippen LogP contribution in [-0.2, 0) is 27.2 Å². The molecule has 1 aromatic carbocycles. The fourth-order valence-electron chi connectivity index (χ4n) is 3.82. The fourth-order valence-corrected chi connectivity index (χ4v) is 3.82. The number of methoxy groups -OCH3 is 1. The predicted molar refractivity (Wildman–Crippen MR) is 130 cm³/mol. The second-order valence-corrected chi connectivity index (χ2v) is 7.82. The first-order valence-corrected chi connectivity index (χ1v) is 11.4. The van der Waals surface area contributed by atoms with Crippen LogP contribution in [0, 0.1) is 0 Å². The Morgan fingerprint density at radius 1 is 1.09 bits per heavy atom. The van der Waals surface area contributed by atoms with E-state index in [2.05, 4.69) is 9.98 Å². The molecule has 4 aromatic rings. The lowest BCUT2D eigenvalue weighted by molar-refractivity contribution is -0.118. The molecule has 4 rings (SSSR count). The largest absolute Gasteiger partial charge is 0.462 e. The van der Waals surface area contributed by atoms with Crippen molar-refractivity contribution >= 4 is 28.6 Å². The number of carbonyl (C=O) groups is 2. The third-order valence-electron chi connectivity index (χ3n) is 5.51. The number of fused-ring (bicyclic) bond motifs is 2. The highest BCUT2D eigenvalue weighted by Gasteiger charge is 2.20. The van der Waals surface area contributed by atoms with E-state index < -0.39 is 11.9 Å². The maximum absolute atomic E-state index is 13.3. The molecule has 0 bridgehead atoms. The fraction of sp³-hybridized carbons (Fsp3) is 0.269. The van der Waals surface area contributed by atoms with Crippen LogP contribution in [0.3, 0.4) is 0 Å². The van der Waals surface area contributed by atoms with E-state index in [1.807, 2.05) is 30.3 Å². The van der Waals surface area contributed by atoms with Gasteiger partial charge >= 0.3 is 5.97 Å². The lowest BCUT2D eigenvalue weighted by Gasteiger charge is -2.14. The Morgan fingerprint density at radius 3 is 2.60 bits per heavy atom. The van der Waals surface area contributed by atoms with Crippen LogP contribution in [-0.4, -0.2) is 46.2 Å². The van der Waals surface area contributed by atoms with E-state index in [0.29, 0.717) is 17.7 Å². The summed E-state index contributed by atoms with van der Waals surface area (Å²) < 4.78 is 13.5. The number of hydrogen-bond donors (Lipinski definition) is 0. The van der Waals surface area contributed by atoms with Crippen LogP contribution in [0.25, 0.3) is 16.7 Å². The third kappa shape index (κ3) is 5.20. The van der Waals surface area contributed by atoms with E-state index in [4.69, 9.17) is 9.47 Å². The molecule has 0 aliphatic heterocycles. The predicted octanol–water partition coefficient (Wildman–Crippen LogP) is 2.53. The topological polar surface area (TPSA) is 104 Å². The Labute approximate surface area is 201 Å². The summed E-state index contributed by atoms with van der Waals surface area (Å²) in [5, 5.41) is 0.212. The van der Waals surface area contributed by atoms with E-state index >= 15 is 0 Å². The van der Waals surface area contributed by atoms with Crippen molar-refractivity contribution < 1.29 is 19.1 Å².